The van der Waals surface area contributed by atoms with Crippen molar-refractivity contribution in [3.05, 3.63) is 63.3 Å². The lowest BCUT2D eigenvalue weighted by molar-refractivity contribution is 0.968. The molecule has 4 nitrogen and oxygen atoms in total. The van der Waals surface area contributed by atoms with E-state index in [1.807, 2.05) is 0 Å². The second kappa shape index (κ2) is 5.05. The van der Waals surface area contributed by atoms with Crippen LogP contribution in [0.5, 0.6) is 0 Å². The third-order valence-corrected chi connectivity index (χ3v) is 4.98. The second-order valence-corrected chi connectivity index (χ2v) is 6.49. The van der Waals surface area contributed by atoms with Gasteiger partial charge in [-0.05, 0) is 30.3 Å². The molecule has 0 saturated heterocycles. The highest BCUT2D eigenvalue weighted by Crippen LogP contribution is 2.33. The molecule has 3 aromatic heterocycles. The molecule has 0 bridgehead atoms. The predicted molar refractivity (Wildman–Crippen MR) is 90.5 cm³/mol. The minimum absolute atomic E-state index is 0.147. The number of rotatable bonds is 1. The Bertz CT molecular complexity index is 1070. The Kier molecular flexibility index (Phi) is 3.14. The smallest absolute Gasteiger partial charge is 0.267 e. The van der Waals surface area contributed by atoms with Gasteiger partial charge in [-0.1, -0.05) is 23.2 Å². The summed E-state index contributed by atoms with van der Waals surface area (Å²) < 4.78 is 2.02. The first-order valence-corrected chi connectivity index (χ1v) is 7.93. The van der Waals surface area contributed by atoms with Gasteiger partial charge in [0.1, 0.15) is 15.9 Å². The molecule has 0 amide bonds. The standard InChI is InChI=1S/C15H7Cl2N3OS/c16-8-1-3-9(4-2-8)20-7-19-12-11-10(17)5-6-18-14(11)22-13(12)15(20)21/h1-7H. The van der Waals surface area contributed by atoms with Crippen molar-refractivity contribution in [2.45, 2.75) is 0 Å². The Morgan fingerprint density at radius 3 is 2.59 bits per heavy atom. The summed E-state index contributed by atoms with van der Waals surface area (Å²) in [7, 11) is 0. The molecule has 7 heteroatoms. The number of thiophene rings is 1. The molecule has 4 rings (SSSR count). The van der Waals surface area contributed by atoms with E-state index in [2.05, 4.69) is 9.97 Å². The van der Waals surface area contributed by atoms with Crippen LogP contribution in [0.2, 0.25) is 10.0 Å². The van der Waals surface area contributed by atoms with Gasteiger partial charge in [-0.25, -0.2) is 9.97 Å². The Morgan fingerprint density at radius 1 is 1.05 bits per heavy atom. The number of hydrogen-bond acceptors (Lipinski definition) is 4. The second-order valence-electron chi connectivity index (χ2n) is 4.65. The molecule has 1 aromatic carbocycles. The van der Waals surface area contributed by atoms with E-state index in [9.17, 15) is 4.79 Å². The van der Waals surface area contributed by atoms with E-state index in [0.717, 1.165) is 5.39 Å². The largest absolute Gasteiger partial charge is 0.275 e. The van der Waals surface area contributed by atoms with Gasteiger partial charge in [0.05, 0.1) is 21.6 Å². The zero-order chi connectivity index (χ0) is 15.3. The molecular formula is C15H7Cl2N3OS. The van der Waals surface area contributed by atoms with Crippen LogP contribution in [0, 0.1) is 0 Å². The maximum atomic E-state index is 12.7. The highest BCUT2D eigenvalue weighted by molar-refractivity contribution is 7.25. The summed E-state index contributed by atoms with van der Waals surface area (Å²) in [5.41, 5.74) is 1.15. The molecule has 0 aliphatic carbocycles. The SMILES string of the molecule is O=c1c2sc3nccc(Cl)c3c2ncn1-c1ccc(Cl)cc1. The Labute approximate surface area is 138 Å². The van der Waals surface area contributed by atoms with Crippen LogP contribution < -0.4 is 5.56 Å². The van der Waals surface area contributed by atoms with Crippen molar-refractivity contribution < 1.29 is 0 Å². The van der Waals surface area contributed by atoms with Crippen LogP contribution in [-0.4, -0.2) is 14.5 Å². The van der Waals surface area contributed by atoms with E-state index in [-0.39, 0.29) is 5.56 Å². The number of hydrogen-bond donors (Lipinski definition) is 0. The average molecular weight is 348 g/mol. The van der Waals surface area contributed by atoms with Crippen LogP contribution in [0.25, 0.3) is 26.1 Å². The number of halogens is 2. The van der Waals surface area contributed by atoms with E-state index < -0.39 is 0 Å². The van der Waals surface area contributed by atoms with Gasteiger partial charge < -0.3 is 0 Å². The summed E-state index contributed by atoms with van der Waals surface area (Å²) >= 11 is 13.4. The molecule has 0 aliphatic heterocycles. The van der Waals surface area contributed by atoms with Gasteiger partial charge in [-0.2, -0.15) is 0 Å². The molecule has 0 unspecified atom stereocenters. The zero-order valence-corrected chi connectivity index (χ0v) is 13.3. The fourth-order valence-electron chi connectivity index (χ4n) is 2.30. The number of benzene rings is 1. The molecule has 22 heavy (non-hydrogen) atoms. The normalized spacial score (nSPS) is 11.4. The lowest BCUT2D eigenvalue weighted by Crippen LogP contribution is -2.17. The number of aromatic nitrogens is 3. The minimum Gasteiger partial charge on any atom is -0.267 e. The molecule has 4 aromatic rings. The molecule has 0 fully saturated rings. The first-order chi connectivity index (χ1) is 10.6. The highest BCUT2D eigenvalue weighted by Gasteiger charge is 2.15. The summed E-state index contributed by atoms with van der Waals surface area (Å²) in [6, 6.07) is 8.71. The zero-order valence-electron chi connectivity index (χ0n) is 11.0. The van der Waals surface area contributed by atoms with Crippen molar-refractivity contribution >= 4 is 55.0 Å². The Balaban J connectivity index is 2.06. The van der Waals surface area contributed by atoms with Crippen LogP contribution in [0.3, 0.4) is 0 Å². The van der Waals surface area contributed by atoms with Crippen molar-refractivity contribution in [1.29, 1.82) is 0 Å². The maximum absolute atomic E-state index is 12.7. The lowest BCUT2D eigenvalue weighted by atomic mass is 10.3. The van der Waals surface area contributed by atoms with Crippen molar-refractivity contribution in [3.8, 4) is 5.69 Å². The monoisotopic (exact) mass is 347 g/mol. The molecule has 0 N–H and O–H groups in total. The van der Waals surface area contributed by atoms with Crippen LogP contribution in [0.4, 0.5) is 0 Å². The lowest BCUT2D eigenvalue weighted by Gasteiger charge is -2.04. The third kappa shape index (κ3) is 2.01. The van der Waals surface area contributed by atoms with Crippen LogP contribution in [-0.2, 0) is 0 Å². The summed E-state index contributed by atoms with van der Waals surface area (Å²) in [5, 5.41) is 1.89. The van der Waals surface area contributed by atoms with Crippen molar-refractivity contribution in [1.82, 2.24) is 14.5 Å². The highest BCUT2D eigenvalue weighted by atomic mass is 35.5. The van der Waals surface area contributed by atoms with Crippen LogP contribution >= 0.6 is 34.5 Å². The van der Waals surface area contributed by atoms with Crippen LogP contribution in [0.15, 0.2) is 47.7 Å². The third-order valence-electron chi connectivity index (χ3n) is 3.34. The molecule has 0 atom stereocenters. The summed E-state index contributed by atoms with van der Waals surface area (Å²) in [4.78, 5) is 22.1. The Hall–Kier alpha value is -1.95. The number of fused-ring (bicyclic) bond motifs is 3. The molecule has 0 radical (unpaired) electrons. The predicted octanol–water partition coefficient (Wildman–Crippen LogP) is 4.30. The quantitative estimate of drug-likeness (QED) is 0.515. The van der Waals surface area contributed by atoms with Gasteiger partial charge in [0, 0.05) is 11.2 Å². The first kappa shape index (κ1) is 13.7. The molecule has 0 spiro atoms. The fraction of sp³-hybridized carbons (Fsp3) is 0. The maximum Gasteiger partial charge on any atom is 0.275 e. The molecular weight excluding hydrogens is 341 g/mol. The first-order valence-electron chi connectivity index (χ1n) is 6.35. The van der Waals surface area contributed by atoms with Crippen molar-refractivity contribution in [2.24, 2.45) is 0 Å². The number of pyridine rings is 1. The number of nitrogens with zero attached hydrogens (tertiary/aromatic N) is 3. The van der Waals surface area contributed by atoms with Gasteiger partial charge in [0.25, 0.3) is 5.56 Å². The van der Waals surface area contributed by atoms with Gasteiger partial charge in [0.2, 0.25) is 0 Å². The van der Waals surface area contributed by atoms with E-state index in [4.69, 9.17) is 23.2 Å². The fourth-order valence-corrected chi connectivity index (χ4v) is 3.77. The van der Waals surface area contributed by atoms with Crippen molar-refractivity contribution in [3.63, 3.8) is 0 Å². The summed E-state index contributed by atoms with van der Waals surface area (Å²) in [5.74, 6) is 0. The van der Waals surface area contributed by atoms with Gasteiger partial charge in [0.15, 0.2) is 0 Å². The summed E-state index contributed by atoms with van der Waals surface area (Å²) in [6.07, 6.45) is 3.13. The van der Waals surface area contributed by atoms with Gasteiger partial charge >= 0.3 is 0 Å². The molecule has 108 valence electrons. The minimum atomic E-state index is -0.147. The van der Waals surface area contributed by atoms with Crippen LogP contribution in [0.1, 0.15) is 0 Å². The molecule has 0 aliphatic rings. The van der Waals surface area contributed by atoms with Gasteiger partial charge in [-0.3, -0.25) is 9.36 Å². The topological polar surface area (TPSA) is 47.8 Å². The van der Waals surface area contributed by atoms with E-state index >= 15 is 0 Å². The average Bonchev–Trinajstić information content (AvgIpc) is 2.90. The van der Waals surface area contributed by atoms with E-state index in [1.165, 1.54) is 22.2 Å². The van der Waals surface area contributed by atoms with Crippen molar-refractivity contribution in [2.75, 3.05) is 0 Å². The Morgan fingerprint density at radius 2 is 1.82 bits per heavy atom. The molecule has 3 heterocycles. The molecule has 0 saturated carbocycles. The van der Waals surface area contributed by atoms with E-state index in [0.29, 0.717) is 30.8 Å². The summed E-state index contributed by atoms with van der Waals surface area (Å²) in [6.45, 7) is 0. The van der Waals surface area contributed by atoms with E-state index in [1.54, 1.807) is 36.5 Å². The van der Waals surface area contributed by atoms with Gasteiger partial charge in [-0.15, -0.1) is 11.3 Å².